The van der Waals surface area contributed by atoms with E-state index in [1.807, 2.05) is 12.2 Å². The van der Waals surface area contributed by atoms with Crippen molar-refractivity contribution in [3.63, 3.8) is 0 Å². The summed E-state index contributed by atoms with van der Waals surface area (Å²) in [5.74, 6) is -1.78. The molecule has 1 fully saturated rings. The summed E-state index contributed by atoms with van der Waals surface area (Å²) in [4.78, 5) is 33.2. The van der Waals surface area contributed by atoms with Crippen LogP contribution in [-0.4, -0.2) is 17.3 Å². The Balaban J connectivity index is 2.37. The van der Waals surface area contributed by atoms with Crippen LogP contribution in [0.25, 0.3) is 0 Å². The number of allylic oxidation sites excluding steroid dienone is 2. The first-order valence-corrected chi connectivity index (χ1v) is 3.93. The molecule has 2 aliphatic rings. The van der Waals surface area contributed by atoms with E-state index in [9.17, 15) is 14.4 Å². The highest BCUT2D eigenvalue weighted by atomic mass is 16.2. The number of Topliss-reactive ketones (excluding diaryl/α,β-unsaturated/α-hetero) is 3. The van der Waals surface area contributed by atoms with Crippen molar-refractivity contribution in [2.24, 2.45) is 5.41 Å². The second-order valence-corrected chi connectivity index (χ2v) is 3.42. The van der Waals surface area contributed by atoms with Crippen LogP contribution in [0.4, 0.5) is 0 Å². The van der Waals surface area contributed by atoms with Crippen molar-refractivity contribution >= 4 is 17.3 Å². The van der Waals surface area contributed by atoms with Crippen LogP contribution in [0.5, 0.6) is 0 Å². The van der Waals surface area contributed by atoms with Gasteiger partial charge in [0.15, 0.2) is 0 Å². The molecule has 0 amide bonds. The number of hydrogen-bond donors (Lipinski definition) is 0. The smallest absolute Gasteiger partial charge is 0.264 e. The van der Waals surface area contributed by atoms with Gasteiger partial charge in [0.1, 0.15) is 0 Å². The van der Waals surface area contributed by atoms with Crippen LogP contribution in [0.1, 0.15) is 19.3 Å². The lowest BCUT2D eigenvalue weighted by atomic mass is 9.83. The molecule has 0 N–H and O–H groups in total. The standard InChI is InChI=1S/C9H8O3/c10-6-5-9(3-1-2-4-9)8(12)7(6)11/h1-2H,3-5H2. The molecule has 0 aliphatic heterocycles. The van der Waals surface area contributed by atoms with Gasteiger partial charge in [-0.25, -0.2) is 0 Å². The SMILES string of the molecule is O=C1CC2(CC=CC2)C(=O)C1=O. The van der Waals surface area contributed by atoms with E-state index in [2.05, 4.69) is 0 Å². The van der Waals surface area contributed by atoms with Crippen molar-refractivity contribution in [3.8, 4) is 0 Å². The molecule has 2 rings (SSSR count). The van der Waals surface area contributed by atoms with Crippen molar-refractivity contribution < 1.29 is 14.4 Å². The zero-order valence-corrected chi connectivity index (χ0v) is 6.50. The minimum Gasteiger partial charge on any atom is -0.290 e. The predicted molar refractivity (Wildman–Crippen MR) is 40.4 cm³/mol. The highest BCUT2D eigenvalue weighted by molar-refractivity contribution is 6.68. The van der Waals surface area contributed by atoms with Gasteiger partial charge in [-0.1, -0.05) is 12.2 Å². The van der Waals surface area contributed by atoms with Crippen LogP contribution >= 0.6 is 0 Å². The fraction of sp³-hybridized carbons (Fsp3) is 0.444. The Labute approximate surface area is 69.4 Å². The average molecular weight is 164 g/mol. The number of rotatable bonds is 0. The number of hydrogen-bond acceptors (Lipinski definition) is 3. The Kier molecular flexibility index (Phi) is 1.31. The van der Waals surface area contributed by atoms with E-state index in [0.29, 0.717) is 12.8 Å². The van der Waals surface area contributed by atoms with Crippen LogP contribution in [0.3, 0.4) is 0 Å². The van der Waals surface area contributed by atoms with E-state index < -0.39 is 22.8 Å². The number of carbonyl (C=O) groups is 3. The zero-order chi connectivity index (χ0) is 8.77. The minimum absolute atomic E-state index is 0.123. The first kappa shape index (κ1) is 7.40. The Morgan fingerprint density at radius 1 is 1.08 bits per heavy atom. The van der Waals surface area contributed by atoms with Crippen molar-refractivity contribution in [2.45, 2.75) is 19.3 Å². The summed E-state index contributed by atoms with van der Waals surface area (Å²) in [5, 5.41) is 0. The van der Waals surface area contributed by atoms with Gasteiger partial charge in [-0.15, -0.1) is 0 Å². The third-order valence-electron chi connectivity index (χ3n) is 2.62. The highest BCUT2D eigenvalue weighted by Crippen LogP contribution is 2.42. The molecule has 1 spiro atoms. The maximum absolute atomic E-state index is 11.3. The van der Waals surface area contributed by atoms with Crippen LogP contribution in [0.2, 0.25) is 0 Å². The summed E-state index contributed by atoms with van der Waals surface area (Å²) >= 11 is 0. The first-order chi connectivity index (χ1) is 5.66. The third-order valence-corrected chi connectivity index (χ3v) is 2.62. The van der Waals surface area contributed by atoms with Gasteiger partial charge < -0.3 is 0 Å². The van der Waals surface area contributed by atoms with Gasteiger partial charge in [-0.3, -0.25) is 14.4 Å². The molecule has 0 saturated heterocycles. The summed E-state index contributed by atoms with van der Waals surface area (Å²) in [5.41, 5.74) is -0.659. The van der Waals surface area contributed by atoms with Crippen molar-refractivity contribution in [2.75, 3.05) is 0 Å². The lowest BCUT2D eigenvalue weighted by molar-refractivity contribution is -0.141. The van der Waals surface area contributed by atoms with E-state index in [-0.39, 0.29) is 6.42 Å². The highest BCUT2D eigenvalue weighted by Gasteiger charge is 2.52. The summed E-state index contributed by atoms with van der Waals surface area (Å²) in [7, 11) is 0. The quantitative estimate of drug-likeness (QED) is 0.385. The average Bonchev–Trinajstić information content (AvgIpc) is 2.57. The van der Waals surface area contributed by atoms with E-state index in [1.165, 1.54) is 0 Å². The molecule has 0 aromatic heterocycles. The summed E-state index contributed by atoms with van der Waals surface area (Å²) in [6, 6.07) is 0. The van der Waals surface area contributed by atoms with Gasteiger partial charge in [0.05, 0.1) is 5.41 Å². The number of ketones is 3. The van der Waals surface area contributed by atoms with E-state index in [0.717, 1.165) is 0 Å². The van der Waals surface area contributed by atoms with Crippen LogP contribution in [0, 0.1) is 5.41 Å². The van der Waals surface area contributed by atoms with E-state index in [1.54, 1.807) is 0 Å². The van der Waals surface area contributed by atoms with Crippen molar-refractivity contribution in [1.29, 1.82) is 0 Å². The molecule has 0 aromatic carbocycles. The van der Waals surface area contributed by atoms with Gasteiger partial charge in [0.2, 0.25) is 11.6 Å². The first-order valence-electron chi connectivity index (χ1n) is 3.93. The Hall–Kier alpha value is -1.25. The maximum atomic E-state index is 11.3. The van der Waals surface area contributed by atoms with Gasteiger partial charge >= 0.3 is 0 Å². The van der Waals surface area contributed by atoms with Gasteiger partial charge in [-0.05, 0) is 12.8 Å². The molecule has 2 aliphatic carbocycles. The molecule has 0 bridgehead atoms. The summed E-state index contributed by atoms with van der Waals surface area (Å²) < 4.78 is 0. The molecule has 12 heavy (non-hydrogen) atoms. The molecule has 0 heterocycles. The van der Waals surface area contributed by atoms with Crippen molar-refractivity contribution in [3.05, 3.63) is 12.2 Å². The molecule has 0 radical (unpaired) electrons. The summed E-state index contributed by atoms with van der Waals surface area (Å²) in [6.45, 7) is 0. The van der Waals surface area contributed by atoms with Crippen molar-refractivity contribution in [1.82, 2.24) is 0 Å². The van der Waals surface area contributed by atoms with Crippen LogP contribution in [0.15, 0.2) is 12.2 Å². The lowest BCUT2D eigenvalue weighted by Crippen LogP contribution is -2.25. The Morgan fingerprint density at radius 2 is 1.67 bits per heavy atom. The summed E-state index contributed by atoms with van der Waals surface area (Å²) in [6.07, 6.45) is 4.97. The zero-order valence-electron chi connectivity index (χ0n) is 6.50. The predicted octanol–water partition coefficient (Wildman–Crippen LogP) is 0.434. The normalized spacial score (nSPS) is 26.2. The van der Waals surface area contributed by atoms with E-state index in [4.69, 9.17) is 0 Å². The molecule has 0 unspecified atom stereocenters. The molecular weight excluding hydrogens is 156 g/mol. The molecule has 0 atom stereocenters. The van der Waals surface area contributed by atoms with E-state index >= 15 is 0 Å². The van der Waals surface area contributed by atoms with Gasteiger partial charge in [0.25, 0.3) is 5.78 Å². The minimum atomic E-state index is -0.793. The van der Waals surface area contributed by atoms with Crippen LogP contribution in [-0.2, 0) is 14.4 Å². The molecular formula is C9H8O3. The molecule has 3 heteroatoms. The Bertz CT molecular complexity index is 304. The Morgan fingerprint density at radius 3 is 2.08 bits per heavy atom. The second kappa shape index (κ2) is 2.12. The molecule has 1 saturated carbocycles. The lowest BCUT2D eigenvalue weighted by Gasteiger charge is -2.16. The molecule has 62 valence electrons. The monoisotopic (exact) mass is 164 g/mol. The molecule has 0 aromatic rings. The largest absolute Gasteiger partial charge is 0.290 e. The molecule has 3 nitrogen and oxygen atoms in total. The topological polar surface area (TPSA) is 51.2 Å². The maximum Gasteiger partial charge on any atom is 0.264 e. The fourth-order valence-corrected chi connectivity index (χ4v) is 1.87. The van der Waals surface area contributed by atoms with Gasteiger partial charge in [-0.2, -0.15) is 0 Å². The van der Waals surface area contributed by atoms with Crippen LogP contribution < -0.4 is 0 Å². The second-order valence-electron chi connectivity index (χ2n) is 3.42. The fourth-order valence-electron chi connectivity index (χ4n) is 1.87. The third kappa shape index (κ3) is 0.734. The number of carbonyl (C=O) groups excluding carboxylic acids is 3. The van der Waals surface area contributed by atoms with Gasteiger partial charge in [0, 0.05) is 6.42 Å².